The second-order valence-corrected chi connectivity index (χ2v) is 9.73. The van der Waals surface area contributed by atoms with Crippen LogP contribution in [0.25, 0.3) is 0 Å². The minimum absolute atomic E-state index is 0. The van der Waals surface area contributed by atoms with Crippen LogP contribution in [-0.4, -0.2) is 41.0 Å². The van der Waals surface area contributed by atoms with E-state index in [9.17, 15) is 18.7 Å². The van der Waals surface area contributed by atoms with Crippen molar-refractivity contribution in [2.75, 3.05) is 13.2 Å². The monoisotopic (exact) mass is 509 g/mol. The van der Waals surface area contributed by atoms with E-state index in [1.165, 1.54) is 23.3 Å². The molecule has 0 saturated heterocycles. The van der Waals surface area contributed by atoms with Crippen LogP contribution in [0.1, 0.15) is 49.3 Å². The van der Waals surface area contributed by atoms with Gasteiger partial charge in [-0.2, -0.15) is 4.39 Å². The molecule has 2 atom stereocenters. The number of β-amino-alcohol motifs (C(OH)–C–C–N with tert-alkyl or cyclic N) is 1. The molecule has 0 bridgehead atoms. The van der Waals surface area contributed by atoms with Crippen LogP contribution in [0.3, 0.4) is 0 Å². The first-order chi connectivity index (χ1) is 16.1. The average molecular weight is 510 g/mol. The van der Waals surface area contributed by atoms with Crippen molar-refractivity contribution < 1.29 is 28.5 Å². The molecule has 0 radical (unpaired) electrons. The van der Waals surface area contributed by atoms with Crippen LogP contribution < -0.4 is 10.1 Å². The molecule has 192 valence electrons. The Bertz CT molecular complexity index is 1010. The van der Waals surface area contributed by atoms with Crippen molar-refractivity contribution in [2.45, 2.75) is 57.1 Å². The topological polar surface area (TPSA) is 78.8 Å². The number of benzene rings is 2. The Kier molecular flexibility index (Phi) is 10.2. The number of hydrogen-bond acceptors (Lipinski definition) is 4. The number of ether oxygens (including phenoxy) is 1. The van der Waals surface area contributed by atoms with Crippen molar-refractivity contribution in [1.82, 2.24) is 5.32 Å². The largest absolute Gasteiger partial charge is 0.488 e. The lowest BCUT2D eigenvalue weighted by Gasteiger charge is -2.30. The molecule has 2 aromatic carbocycles. The number of aliphatic hydroxyl groups is 1. The highest BCUT2D eigenvalue weighted by Gasteiger charge is 2.28. The van der Waals surface area contributed by atoms with Gasteiger partial charge in [-0.15, -0.1) is 19.0 Å². The molecule has 1 aliphatic rings. The molecule has 2 aromatic rings. The summed E-state index contributed by atoms with van der Waals surface area (Å²) in [6.45, 7) is 7.73. The standard InChI is InChI=1S/C27H33F2NO4.ClH/c1-4-18(13-25(32)33)21-11-23(28)26(29)24(12-21)34-16-22(31)15-30-27(2,3)14-17-9-19-7-5-6-8-20(19)10-17;/h4-8,11-12,17-18,22,30-31H,1,9-10,13-16H2,2-3H3,(H,32,33);1H/t18?,22-;/m0./s1. The molecule has 3 rings (SSSR count). The zero-order chi connectivity index (χ0) is 24.9. The van der Waals surface area contributed by atoms with Crippen LogP contribution in [-0.2, 0) is 17.6 Å². The number of aliphatic carboxylic acids is 1. The lowest BCUT2D eigenvalue weighted by molar-refractivity contribution is -0.137. The van der Waals surface area contributed by atoms with Crippen LogP contribution >= 0.6 is 12.4 Å². The SMILES string of the molecule is C=CC(CC(=O)O)c1cc(F)c(F)c(OC[C@@H](O)CNC(C)(C)CC2Cc3ccccc3C2)c1.Cl. The van der Waals surface area contributed by atoms with Crippen LogP contribution in [0.15, 0.2) is 49.1 Å². The summed E-state index contributed by atoms with van der Waals surface area (Å²) in [6.07, 6.45) is 3.14. The van der Waals surface area contributed by atoms with Gasteiger partial charge in [-0.25, -0.2) is 4.39 Å². The molecule has 5 nitrogen and oxygen atoms in total. The number of aliphatic hydroxyl groups excluding tert-OH is 1. The maximum atomic E-state index is 14.2. The van der Waals surface area contributed by atoms with Crippen molar-refractivity contribution in [1.29, 1.82) is 0 Å². The van der Waals surface area contributed by atoms with Crippen LogP contribution in [0.2, 0.25) is 0 Å². The van der Waals surface area contributed by atoms with E-state index < -0.39 is 29.6 Å². The zero-order valence-electron chi connectivity index (χ0n) is 20.1. The number of carboxylic acid groups (broad SMARTS) is 1. The Morgan fingerprint density at radius 2 is 1.89 bits per heavy atom. The zero-order valence-corrected chi connectivity index (χ0v) is 20.9. The van der Waals surface area contributed by atoms with Crippen molar-refractivity contribution in [3.8, 4) is 5.75 Å². The number of halogens is 3. The van der Waals surface area contributed by atoms with E-state index in [0.717, 1.165) is 25.3 Å². The second kappa shape index (κ2) is 12.5. The Hall–Kier alpha value is -2.48. The van der Waals surface area contributed by atoms with Crippen molar-refractivity contribution in [2.24, 2.45) is 5.92 Å². The number of allylic oxidation sites excluding steroid dienone is 1. The first-order valence-electron chi connectivity index (χ1n) is 11.5. The highest BCUT2D eigenvalue weighted by Crippen LogP contribution is 2.32. The predicted octanol–water partition coefficient (Wildman–Crippen LogP) is 5.04. The van der Waals surface area contributed by atoms with Crippen LogP contribution in [0.5, 0.6) is 5.75 Å². The van der Waals surface area contributed by atoms with Gasteiger partial charge in [0.25, 0.3) is 0 Å². The minimum atomic E-state index is -1.18. The summed E-state index contributed by atoms with van der Waals surface area (Å²) in [4.78, 5) is 11.0. The number of carboxylic acids is 1. The Labute approximate surface area is 211 Å². The van der Waals surface area contributed by atoms with E-state index in [0.29, 0.717) is 5.92 Å². The van der Waals surface area contributed by atoms with Gasteiger partial charge < -0.3 is 20.3 Å². The maximum Gasteiger partial charge on any atom is 0.304 e. The molecular weight excluding hydrogens is 476 g/mol. The molecule has 35 heavy (non-hydrogen) atoms. The van der Waals surface area contributed by atoms with Crippen molar-refractivity contribution >= 4 is 18.4 Å². The third kappa shape index (κ3) is 8.02. The Morgan fingerprint density at radius 3 is 2.46 bits per heavy atom. The number of nitrogens with one attached hydrogen (secondary N) is 1. The predicted molar refractivity (Wildman–Crippen MR) is 134 cm³/mol. The highest BCUT2D eigenvalue weighted by atomic mass is 35.5. The quantitative estimate of drug-likeness (QED) is 0.349. The lowest BCUT2D eigenvalue weighted by Crippen LogP contribution is -2.46. The molecular formula is C27H34ClF2NO4. The third-order valence-electron chi connectivity index (χ3n) is 6.31. The molecule has 1 aliphatic carbocycles. The molecule has 1 unspecified atom stereocenters. The lowest BCUT2D eigenvalue weighted by atomic mass is 9.88. The van der Waals surface area contributed by atoms with Crippen molar-refractivity contribution in [3.05, 3.63) is 77.4 Å². The number of hydrogen-bond donors (Lipinski definition) is 3. The third-order valence-corrected chi connectivity index (χ3v) is 6.31. The van der Waals surface area contributed by atoms with Crippen LogP contribution in [0.4, 0.5) is 8.78 Å². The fourth-order valence-corrected chi connectivity index (χ4v) is 4.66. The number of carbonyl (C=O) groups is 1. The minimum Gasteiger partial charge on any atom is -0.488 e. The van der Waals surface area contributed by atoms with E-state index in [-0.39, 0.29) is 48.8 Å². The smallest absolute Gasteiger partial charge is 0.304 e. The van der Waals surface area contributed by atoms with Gasteiger partial charge in [0.2, 0.25) is 5.82 Å². The molecule has 0 aliphatic heterocycles. The number of rotatable bonds is 12. The summed E-state index contributed by atoms with van der Waals surface area (Å²) in [7, 11) is 0. The van der Waals surface area contributed by atoms with E-state index in [4.69, 9.17) is 9.84 Å². The van der Waals surface area contributed by atoms with Gasteiger partial charge in [-0.1, -0.05) is 30.3 Å². The molecule has 3 N–H and O–H groups in total. The fourth-order valence-electron chi connectivity index (χ4n) is 4.66. The van der Waals surface area contributed by atoms with Gasteiger partial charge >= 0.3 is 5.97 Å². The van der Waals surface area contributed by atoms with Crippen molar-refractivity contribution in [3.63, 3.8) is 0 Å². The molecule has 0 amide bonds. The van der Waals surface area contributed by atoms with E-state index >= 15 is 0 Å². The summed E-state index contributed by atoms with van der Waals surface area (Å²) >= 11 is 0. The fraction of sp³-hybridized carbons (Fsp3) is 0.444. The normalized spacial score (nSPS) is 15.1. The van der Waals surface area contributed by atoms with E-state index in [1.54, 1.807) is 0 Å². The van der Waals surface area contributed by atoms with Gasteiger partial charge in [0.05, 0.1) is 6.42 Å². The van der Waals surface area contributed by atoms with Gasteiger partial charge in [0, 0.05) is 18.0 Å². The van der Waals surface area contributed by atoms with Crippen LogP contribution in [0, 0.1) is 17.6 Å². The summed E-state index contributed by atoms with van der Waals surface area (Å²) in [5.41, 5.74) is 2.82. The highest BCUT2D eigenvalue weighted by molar-refractivity contribution is 5.85. The number of fused-ring (bicyclic) bond motifs is 1. The summed E-state index contributed by atoms with van der Waals surface area (Å²) in [6, 6.07) is 10.7. The Morgan fingerprint density at radius 1 is 1.26 bits per heavy atom. The van der Waals surface area contributed by atoms with Gasteiger partial charge in [0.15, 0.2) is 11.6 Å². The molecule has 0 fully saturated rings. The summed E-state index contributed by atoms with van der Waals surface area (Å²) in [5.74, 6) is -3.93. The van der Waals surface area contributed by atoms with E-state index in [2.05, 4.69) is 50.0 Å². The van der Waals surface area contributed by atoms with Gasteiger partial charge in [-0.3, -0.25) is 4.79 Å². The summed E-state index contributed by atoms with van der Waals surface area (Å²) in [5, 5.41) is 22.8. The molecule has 0 aromatic heterocycles. The van der Waals surface area contributed by atoms with E-state index in [1.807, 2.05) is 0 Å². The molecule has 0 heterocycles. The molecule has 0 saturated carbocycles. The Balaban J connectivity index is 0.00000432. The summed E-state index contributed by atoms with van der Waals surface area (Å²) < 4.78 is 33.7. The molecule has 0 spiro atoms. The first kappa shape index (κ1) is 28.8. The maximum absolute atomic E-state index is 14.2. The first-order valence-corrected chi connectivity index (χ1v) is 11.5. The average Bonchev–Trinajstić information content (AvgIpc) is 3.18. The van der Waals surface area contributed by atoms with Gasteiger partial charge in [-0.05, 0) is 67.9 Å². The second-order valence-electron chi connectivity index (χ2n) is 9.73. The van der Waals surface area contributed by atoms with Gasteiger partial charge in [0.1, 0.15) is 12.7 Å². The molecule has 8 heteroatoms.